The van der Waals surface area contributed by atoms with Crippen LogP contribution in [0.25, 0.3) is 0 Å². The molecular formula is C16H17N3O2. The van der Waals surface area contributed by atoms with Crippen molar-refractivity contribution < 1.29 is 9.59 Å². The lowest BCUT2D eigenvalue weighted by atomic mass is 10.1. The molecule has 0 saturated carbocycles. The molecule has 0 aliphatic rings. The average Bonchev–Trinajstić information content (AvgIpc) is 2.52. The second kappa shape index (κ2) is 7.19. The van der Waals surface area contributed by atoms with Crippen molar-refractivity contribution in [1.82, 2.24) is 10.3 Å². The Bertz CT molecular complexity index is 626. The van der Waals surface area contributed by atoms with E-state index >= 15 is 0 Å². The summed E-state index contributed by atoms with van der Waals surface area (Å²) in [5, 5.41) is 2.82. The maximum atomic E-state index is 11.8. The van der Waals surface area contributed by atoms with Gasteiger partial charge in [0.1, 0.15) is 0 Å². The fourth-order valence-electron chi connectivity index (χ4n) is 1.93. The molecule has 1 aromatic carbocycles. The van der Waals surface area contributed by atoms with E-state index in [9.17, 15) is 9.59 Å². The number of aromatic nitrogens is 1. The predicted molar refractivity (Wildman–Crippen MR) is 79.4 cm³/mol. The van der Waals surface area contributed by atoms with Gasteiger partial charge in [-0.05, 0) is 35.7 Å². The van der Waals surface area contributed by atoms with Crippen LogP contribution in [0.5, 0.6) is 0 Å². The van der Waals surface area contributed by atoms with E-state index in [4.69, 9.17) is 5.73 Å². The minimum absolute atomic E-state index is 0.0386. The summed E-state index contributed by atoms with van der Waals surface area (Å²) in [5.41, 5.74) is 7.54. The summed E-state index contributed by atoms with van der Waals surface area (Å²) in [4.78, 5) is 26.9. The van der Waals surface area contributed by atoms with Crippen molar-refractivity contribution in [2.75, 3.05) is 0 Å². The van der Waals surface area contributed by atoms with Gasteiger partial charge in [-0.1, -0.05) is 18.2 Å². The zero-order chi connectivity index (χ0) is 15.1. The number of pyridine rings is 1. The molecule has 0 saturated heterocycles. The maximum absolute atomic E-state index is 11.8. The Hall–Kier alpha value is -2.69. The average molecular weight is 283 g/mol. The fraction of sp³-hybridized carbons (Fsp3) is 0.188. The highest BCUT2D eigenvalue weighted by Gasteiger charge is 2.04. The highest BCUT2D eigenvalue weighted by molar-refractivity contribution is 5.92. The number of carbonyl (C=O) groups is 2. The number of aryl methyl sites for hydroxylation is 1. The lowest BCUT2D eigenvalue weighted by Crippen LogP contribution is -2.23. The number of nitrogens with zero attached hydrogens (tertiary/aromatic N) is 1. The first-order chi connectivity index (χ1) is 10.1. The van der Waals surface area contributed by atoms with Gasteiger partial charge in [0, 0.05) is 30.9 Å². The van der Waals surface area contributed by atoms with E-state index in [2.05, 4.69) is 10.3 Å². The molecule has 0 aliphatic heterocycles. The summed E-state index contributed by atoms with van der Waals surface area (Å²) in [6.07, 6.45) is 4.51. The highest BCUT2D eigenvalue weighted by Crippen LogP contribution is 2.05. The highest BCUT2D eigenvalue weighted by atomic mass is 16.1. The summed E-state index contributed by atoms with van der Waals surface area (Å²) in [7, 11) is 0. The molecule has 2 aromatic rings. The number of nitrogens with two attached hydrogens (primary N) is 1. The Labute approximate surface area is 123 Å². The van der Waals surface area contributed by atoms with Crippen LogP contribution >= 0.6 is 0 Å². The van der Waals surface area contributed by atoms with Crippen molar-refractivity contribution in [2.24, 2.45) is 5.73 Å². The van der Waals surface area contributed by atoms with Gasteiger partial charge in [0.25, 0.3) is 0 Å². The molecule has 0 bridgehead atoms. The fourth-order valence-corrected chi connectivity index (χ4v) is 1.93. The number of carbonyl (C=O) groups excluding carboxylic acids is 2. The third-order valence-corrected chi connectivity index (χ3v) is 3.06. The Morgan fingerprint density at radius 3 is 2.67 bits per heavy atom. The molecule has 0 fully saturated rings. The van der Waals surface area contributed by atoms with Crippen LogP contribution in [-0.4, -0.2) is 16.8 Å². The van der Waals surface area contributed by atoms with Crippen molar-refractivity contribution >= 4 is 11.8 Å². The molecule has 2 amide bonds. The normalized spacial score (nSPS) is 10.1. The van der Waals surface area contributed by atoms with Crippen LogP contribution < -0.4 is 11.1 Å². The van der Waals surface area contributed by atoms with Crippen LogP contribution in [0.1, 0.15) is 27.9 Å². The molecule has 0 atom stereocenters. The van der Waals surface area contributed by atoms with Crippen LogP contribution in [0.15, 0.2) is 48.8 Å². The molecule has 5 nitrogen and oxygen atoms in total. The quantitative estimate of drug-likeness (QED) is 0.841. The molecule has 108 valence electrons. The lowest BCUT2D eigenvalue weighted by Gasteiger charge is -2.06. The molecule has 3 N–H and O–H groups in total. The molecule has 1 aromatic heterocycles. The van der Waals surface area contributed by atoms with Crippen LogP contribution in [0.4, 0.5) is 0 Å². The summed E-state index contributed by atoms with van der Waals surface area (Å²) >= 11 is 0. The number of nitrogens with one attached hydrogen (secondary N) is 1. The number of hydrogen-bond acceptors (Lipinski definition) is 3. The van der Waals surface area contributed by atoms with E-state index in [1.54, 1.807) is 30.6 Å². The molecule has 0 unspecified atom stereocenters. The molecule has 0 aliphatic carbocycles. The maximum Gasteiger partial charge on any atom is 0.248 e. The second-order valence-electron chi connectivity index (χ2n) is 4.70. The molecular weight excluding hydrogens is 266 g/mol. The smallest absolute Gasteiger partial charge is 0.248 e. The third-order valence-electron chi connectivity index (χ3n) is 3.06. The van der Waals surface area contributed by atoms with Crippen LogP contribution in [0.3, 0.4) is 0 Å². The van der Waals surface area contributed by atoms with E-state index < -0.39 is 5.91 Å². The van der Waals surface area contributed by atoms with E-state index in [-0.39, 0.29) is 5.91 Å². The van der Waals surface area contributed by atoms with Gasteiger partial charge in [-0.3, -0.25) is 14.6 Å². The van der Waals surface area contributed by atoms with E-state index in [1.807, 2.05) is 18.2 Å². The molecule has 21 heavy (non-hydrogen) atoms. The number of amides is 2. The molecule has 0 radical (unpaired) electrons. The van der Waals surface area contributed by atoms with Gasteiger partial charge in [0.15, 0.2) is 0 Å². The van der Waals surface area contributed by atoms with E-state index in [1.165, 1.54) is 0 Å². The lowest BCUT2D eigenvalue weighted by molar-refractivity contribution is -0.121. The third kappa shape index (κ3) is 4.72. The Morgan fingerprint density at radius 2 is 1.95 bits per heavy atom. The SMILES string of the molecule is NC(=O)c1cccc(CNC(=O)CCc2cccnc2)c1. The van der Waals surface area contributed by atoms with Crippen LogP contribution in [0.2, 0.25) is 0 Å². The standard InChI is InChI=1S/C16H17N3O2/c17-16(21)14-5-1-3-13(9-14)11-19-15(20)7-6-12-4-2-8-18-10-12/h1-5,8-10H,6-7,11H2,(H2,17,21)(H,19,20). The topological polar surface area (TPSA) is 85.1 Å². The van der Waals surface area contributed by atoms with E-state index in [0.717, 1.165) is 11.1 Å². The van der Waals surface area contributed by atoms with E-state index in [0.29, 0.717) is 24.9 Å². The first kappa shape index (κ1) is 14.7. The Kier molecular flexibility index (Phi) is 5.04. The number of benzene rings is 1. The van der Waals surface area contributed by atoms with Crippen molar-refractivity contribution in [3.8, 4) is 0 Å². The Morgan fingerprint density at radius 1 is 1.14 bits per heavy atom. The van der Waals surface area contributed by atoms with Gasteiger partial charge in [0.2, 0.25) is 11.8 Å². The van der Waals surface area contributed by atoms with Crippen molar-refractivity contribution in [3.05, 3.63) is 65.5 Å². The second-order valence-corrected chi connectivity index (χ2v) is 4.70. The van der Waals surface area contributed by atoms with Gasteiger partial charge in [-0.2, -0.15) is 0 Å². The zero-order valence-corrected chi connectivity index (χ0v) is 11.6. The summed E-state index contributed by atoms with van der Waals surface area (Å²) in [5.74, 6) is -0.511. The first-order valence-corrected chi connectivity index (χ1v) is 6.69. The summed E-state index contributed by atoms with van der Waals surface area (Å²) in [6.45, 7) is 0.382. The minimum Gasteiger partial charge on any atom is -0.366 e. The summed E-state index contributed by atoms with van der Waals surface area (Å²) < 4.78 is 0. The van der Waals surface area contributed by atoms with Crippen molar-refractivity contribution in [2.45, 2.75) is 19.4 Å². The van der Waals surface area contributed by atoms with Gasteiger partial charge in [-0.15, -0.1) is 0 Å². The largest absolute Gasteiger partial charge is 0.366 e. The van der Waals surface area contributed by atoms with Crippen LogP contribution in [-0.2, 0) is 17.8 Å². The Balaban J connectivity index is 1.81. The predicted octanol–water partition coefficient (Wildman–Crippen LogP) is 1.43. The minimum atomic E-state index is -0.472. The van der Waals surface area contributed by atoms with Gasteiger partial charge < -0.3 is 11.1 Å². The van der Waals surface area contributed by atoms with Gasteiger partial charge in [-0.25, -0.2) is 0 Å². The summed E-state index contributed by atoms with van der Waals surface area (Å²) in [6, 6.07) is 10.7. The number of hydrogen-bond donors (Lipinski definition) is 2. The van der Waals surface area contributed by atoms with Crippen molar-refractivity contribution in [1.29, 1.82) is 0 Å². The molecule has 2 rings (SSSR count). The van der Waals surface area contributed by atoms with Crippen LogP contribution in [0, 0.1) is 0 Å². The number of primary amides is 1. The van der Waals surface area contributed by atoms with Gasteiger partial charge >= 0.3 is 0 Å². The molecule has 5 heteroatoms. The van der Waals surface area contributed by atoms with Gasteiger partial charge in [0.05, 0.1) is 0 Å². The molecule has 1 heterocycles. The number of rotatable bonds is 6. The zero-order valence-electron chi connectivity index (χ0n) is 11.6. The monoisotopic (exact) mass is 283 g/mol. The van der Waals surface area contributed by atoms with Crippen molar-refractivity contribution in [3.63, 3.8) is 0 Å². The first-order valence-electron chi connectivity index (χ1n) is 6.69. The molecule has 0 spiro atoms.